The smallest absolute Gasteiger partial charge is 0.227 e. The molecule has 6 nitrogen and oxygen atoms in total. The molecule has 3 amide bonds. The molecule has 0 aromatic heterocycles. The zero-order valence-electron chi connectivity index (χ0n) is 13.6. The Morgan fingerprint density at radius 2 is 2.00 bits per heavy atom. The number of amides is 3. The summed E-state index contributed by atoms with van der Waals surface area (Å²) in [6, 6.07) is 7.85. The van der Waals surface area contributed by atoms with Crippen molar-refractivity contribution in [2.45, 2.75) is 26.7 Å². The molecule has 0 saturated carbocycles. The maximum atomic E-state index is 12.2. The number of anilines is 1. The van der Waals surface area contributed by atoms with Crippen molar-refractivity contribution in [1.82, 2.24) is 10.6 Å². The first-order valence-corrected chi connectivity index (χ1v) is 7.92. The van der Waals surface area contributed by atoms with Crippen LogP contribution in [0.3, 0.4) is 0 Å². The highest BCUT2D eigenvalue weighted by molar-refractivity contribution is 6.00. The van der Waals surface area contributed by atoms with Gasteiger partial charge in [0.1, 0.15) is 0 Å². The average molecular weight is 317 g/mol. The van der Waals surface area contributed by atoms with Crippen LogP contribution in [0, 0.1) is 5.92 Å². The normalized spacial score (nSPS) is 17.2. The minimum Gasteiger partial charge on any atom is -0.355 e. The third-order valence-electron chi connectivity index (χ3n) is 3.92. The molecule has 1 atom stereocenters. The van der Waals surface area contributed by atoms with Gasteiger partial charge >= 0.3 is 0 Å². The summed E-state index contributed by atoms with van der Waals surface area (Å²) >= 11 is 0. The number of aryl methyl sites for hydroxylation is 1. The highest BCUT2D eigenvalue weighted by Gasteiger charge is 2.34. The topological polar surface area (TPSA) is 78.5 Å². The molecule has 1 aromatic rings. The van der Waals surface area contributed by atoms with Gasteiger partial charge in [-0.25, -0.2) is 0 Å². The van der Waals surface area contributed by atoms with Crippen molar-refractivity contribution in [2.24, 2.45) is 5.92 Å². The molecule has 0 spiro atoms. The lowest BCUT2D eigenvalue weighted by Gasteiger charge is -2.17. The average Bonchev–Trinajstić information content (AvgIpc) is 2.93. The summed E-state index contributed by atoms with van der Waals surface area (Å²) < 4.78 is 0. The third-order valence-corrected chi connectivity index (χ3v) is 3.92. The van der Waals surface area contributed by atoms with Gasteiger partial charge in [0.2, 0.25) is 17.7 Å². The fourth-order valence-electron chi connectivity index (χ4n) is 2.65. The highest BCUT2D eigenvalue weighted by atomic mass is 16.2. The monoisotopic (exact) mass is 317 g/mol. The van der Waals surface area contributed by atoms with E-state index >= 15 is 0 Å². The zero-order valence-corrected chi connectivity index (χ0v) is 13.6. The van der Waals surface area contributed by atoms with Crippen LogP contribution in [0.4, 0.5) is 5.69 Å². The largest absolute Gasteiger partial charge is 0.355 e. The Hall–Kier alpha value is -2.37. The third kappa shape index (κ3) is 4.55. The first kappa shape index (κ1) is 17.0. The van der Waals surface area contributed by atoms with Crippen LogP contribution in [0.15, 0.2) is 24.3 Å². The fourth-order valence-corrected chi connectivity index (χ4v) is 2.65. The number of carbonyl (C=O) groups excluding carboxylic acids is 3. The molecule has 0 aliphatic carbocycles. The Labute approximate surface area is 136 Å². The van der Waals surface area contributed by atoms with Gasteiger partial charge in [0.25, 0.3) is 0 Å². The van der Waals surface area contributed by atoms with Crippen LogP contribution in [-0.4, -0.2) is 37.4 Å². The molecule has 23 heavy (non-hydrogen) atoms. The predicted octanol–water partition coefficient (Wildman–Crippen LogP) is 0.854. The number of hydrogen-bond donors (Lipinski definition) is 2. The van der Waals surface area contributed by atoms with Crippen LogP contribution in [0.25, 0.3) is 0 Å². The molecule has 1 fully saturated rings. The van der Waals surface area contributed by atoms with E-state index in [0.717, 1.165) is 12.1 Å². The first-order chi connectivity index (χ1) is 11.0. The molecular weight excluding hydrogens is 294 g/mol. The van der Waals surface area contributed by atoms with Gasteiger partial charge < -0.3 is 15.5 Å². The summed E-state index contributed by atoms with van der Waals surface area (Å²) in [5, 5.41) is 5.38. The Morgan fingerprint density at radius 1 is 1.26 bits per heavy atom. The van der Waals surface area contributed by atoms with Crippen LogP contribution >= 0.6 is 0 Å². The number of carbonyl (C=O) groups is 3. The van der Waals surface area contributed by atoms with Gasteiger partial charge in [-0.1, -0.05) is 19.1 Å². The van der Waals surface area contributed by atoms with E-state index in [1.54, 1.807) is 4.90 Å². The summed E-state index contributed by atoms with van der Waals surface area (Å²) in [5.74, 6) is -0.638. The molecule has 2 N–H and O–H groups in total. The minimum absolute atomic E-state index is 0.0275. The lowest BCUT2D eigenvalue weighted by Crippen LogP contribution is -2.37. The van der Waals surface area contributed by atoms with Crippen LogP contribution in [0.1, 0.15) is 25.8 Å². The van der Waals surface area contributed by atoms with Gasteiger partial charge in [-0.2, -0.15) is 0 Å². The Bertz CT molecular complexity index is 601. The van der Waals surface area contributed by atoms with Crippen molar-refractivity contribution in [3.8, 4) is 0 Å². The lowest BCUT2D eigenvalue weighted by molar-refractivity contribution is -0.126. The predicted molar refractivity (Wildman–Crippen MR) is 88.0 cm³/mol. The number of hydrogen-bond acceptors (Lipinski definition) is 3. The fraction of sp³-hybridized carbons (Fsp3) is 0.471. The van der Waals surface area contributed by atoms with E-state index in [4.69, 9.17) is 0 Å². The number of nitrogens with zero attached hydrogens (tertiary/aromatic N) is 1. The summed E-state index contributed by atoms with van der Waals surface area (Å²) in [6.45, 7) is 4.66. The summed E-state index contributed by atoms with van der Waals surface area (Å²) in [4.78, 5) is 36.8. The van der Waals surface area contributed by atoms with Gasteiger partial charge in [-0.3, -0.25) is 14.4 Å². The quantitative estimate of drug-likeness (QED) is 0.764. The molecule has 1 aliphatic heterocycles. The molecule has 0 unspecified atom stereocenters. The second-order valence-electron chi connectivity index (χ2n) is 5.70. The van der Waals surface area contributed by atoms with Crippen LogP contribution in [0.2, 0.25) is 0 Å². The molecule has 6 heteroatoms. The van der Waals surface area contributed by atoms with Crippen LogP contribution in [0.5, 0.6) is 0 Å². The van der Waals surface area contributed by atoms with Crippen molar-refractivity contribution in [2.75, 3.05) is 24.5 Å². The second kappa shape index (κ2) is 7.76. The maximum absolute atomic E-state index is 12.2. The minimum atomic E-state index is -0.342. The van der Waals surface area contributed by atoms with Crippen LogP contribution in [-0.2, 0) is 20.8 Å². The number of rotatable bonds is 6. The molecule has 1 heterocycles. The number of benzene rings is 1. The standard InChI is InChI=1S/C17H23N3O3/c1-3-13-5-4-6-15(9-13)20-11-14(10-16(20)22)17(23)19-8-7-18-12(2)21/h4-6,9,14H,3,7-8,10-11H2,1-2H3,(H,18,21)(H,19,23)/t14-/m0/s1. The van der Waals surface area contributed by atoms with E-state index in [9.17, 15) is 14.4 Å². The van der Waals surface area contributed by atoms with E-state index in [1.807, 2.05) is 24.3 Å². The van der Waals surface area contributed by atoms with E-state index in [2.05, 4.69) is 17.6 Å². The molecule has 1 aliphatic rings. The van der Waals surface area contributed by atoms with Crippen LogP contribution < -0.4 is 15.5 Å². The Kier molecular flexibility index (Phi) is 5.73. The summed E-state index contributed by atoms with van der Waals surface area (Å²) in [7, 11) is 0. The first-order valence-electron chi connectivity index (χ1n) is 7.92. The molecule has 2 rings (SSSR count). The number of nitrogens with one attached hydrogen (secondary N) is 2. The second-order valence-corrected chi connectivity index (χ2v) is 5.70. The van der Waals surface area contributed by atoms with Crippen molar-refractivity contribution >= 4 is 23.4 Å². The van der Waals surface area contributed by atoms with Gasteiger partial charge in [-0.05, 0) is 24.1 Å². The molecular formula is C17H23N3O3. The van der Waals surface area contributed by atoms with Gasteiger partial charge in [0.15, 0.2) is 0 Å². The molecule has 0 bridgehead atoms. The summed E-state index contributed by atoms with van der Waals surface area (Å²) in [5.41, 5.74) is 2.02. The molecule has 124 valence electrons. The van der Waals surface area contributed by atoms with Crippen molar-refractivity contribution in [3.63, 3.8) is 0 Å². The molecule has 1 aromatic carbocycles. The van der Waals surface area contributed by atoms with Crippen molar-refractivity contribution in [1.29, 1.82) is 0 Å². The van der Waals surface area contributed by atoms with Gasteiger partial charge in [-0.15, -0.1) is 0 Å². The van der Waals surface area contributed by atoms with Crippen molar-refractivity contribution in [3.05, 3.63) is 29.8 Å². The van der Waals surface area contributed by atoms with E-state index in [1.165, 1.54) is 12.5 Å². The summed E-state index contributed by atoms with van der Waals surface area (Å²) in [6.07, 6.45) is 1.13. The van der Waals surface area contributed by atoms with Gasteiger partial charge in [0, 0.05) is 38.7 Å². The Morgan fingerprint density at radius 3 is 2.70 bits per heavy atom. The van der Waals surface area contributed by atoms with Gasteiger partial charge in [0.05, 0.1) is 5.92 Å². The van der Waals surface area contributed by atoms with E-state index < -0.39 is 0 Å². The van der Waals surface area contributed by atoms with E-state index in [0.29, 0.717) is 19.6 Å². The van der Waals surface area contributed by atoms with Crippen molar-refractivity contribution < 1.29 is 14.4 Å². The molecule has 0 radical (unpaired) electrons. The maximum Gasteiger partial charge on any atom is 0.227 e. The SMILES string of the molecule is CCc1cccc(N2C[C@@H](C(=O)NCCNC(C)=O)CC2=O)c1. The lowest BCUT2D eigenvalue weighted by atomic mass is 10.1. The van der Waals surface area contributed by atoms with E-state index in [-0.39, 0.29) is 30.1 Å². The highest BCUT2D eigenvalue weighted by Crippen LogP contribution is 2.26. The zero-order chi connectivity index (χ0) is 16.8. The Balaban J connectivity index is 1.91. The molecule has 1 saturated heterocycles.